The molecule has 1 unspecified atom stereocenters. The summed E-state index contributed by atoms with van der Waals surface area (Å²) in [6.45, 7) is 3.81. The van der Waals surface area contributed by atoms with E-state index in [1.165, 1.54) is 7.11 Å². The number of methoxy groups -OCH3 is 1. The smallest absolute Gasteiger partial charge is 1.00 e. The van der Waals surface area contributed by atoms with Gasteiger partial charge in [-0.25, -0.2) is 0 Å². The van der Waals surface area contributed by atoms with Crippen LogP contribution in [0.5, 0.6) is 0 Å². The summed E-state index contributed by atoms with van der Waals surface area (Å²) in [4.78, 5) is 10.5. The number of carbonyl (C=O) groups excluding carboxylic acids is 1. The average Bonchev–Trinajstić information content (AvgIpc) is 1.84. The van der Waals surface area contributed by atoms with Crippen LogP contribution in [0.1, 0.15) is 21.7 Å². The van der Waals surface area contributed by atoms with Crippen LogP contribution in [0, 0.1) is 5.92 Å². The molecule has 0 radical (unpaired) electrons. The van der Waals surface area contributed by atoms with Crippen molar-refractivity contribution in [3.63, 3.8) is 0 Å². The van der Waals surface area contributed by atoms with Crippen LogP contribution in [0.25, 0.3) is 0 Å². The van der Waals surface area contributed by atoms with E-state index in [-0.39, 0.29) is 42.9 Å². The maximum atomic E-state index is 10.5. The first-order valence-corrected chi connectivity index (χ1v) is 2.80. The quantitative estimate of drug-likeness (QED) is 0.338. The van der Waals surface area contributed by atoms with Gasteiger partial charge in [-0.3, -0.25) is 4.79 Å². The molecule has 3 heteroatoms. The van der Waals surface area contributed by atoms with E-state index in [1.54, 1.807) is 0 Å². The van der Waals surface area contributed by atoms with E-state index in [9.17, 15) is 4.79 Å². The van der Waals surface area contributed by atoms with Crippen molar-refractivity contribution in [1.82, 2.24) is 0 Å². The normalized spacial score (nSPS) is 11.4. The molecule has 0 amide bonds. The molecule has 0 fully saturated rings. The maximum Gasteiger partial charge on any atom is 1.00 e. The Morgan fingerprint density at radius 2 is 2.22 bits per heavy atom. The first-order chi connectivity index (χ1) is 3.72. The molecule has 0 aromatic carbocycles. The fourth-order valence-electron chi connectivity index (χ4n) is 0.368. The van der Waals surface area contributed by atoms with E-state index < -0.39 is 0 Å². The molecular formula is C6H13NaO2. The number of hydrogen-bond acceptors (Lipinski definition) is 2. The topological polar surface area (TPSA) is 26.3 Å². The average molecular weight is 140 g/mol. The molecule has 0 aromatic rings. The Kier molecular flexibility index (Phi) is 8.91. The summed E-state index contributed by atoms with van der Waals surface area (Å²) in [6, 6.07) is 0. The fourth-order valence-corrected chi connectivity index (χ4v) is 0.368. The third kappa shape index (κ3) is 4.94. The van der Waals surface area contributed by atoms with Gasteiger partial charge in [-0.2, -0.15) is 0 Å². The molecule has 0 aliphatic heterocycles. The number of ether oxygens (including phenoxy) is 1. The molecule has 0 spiro atoms. The third-order valence-electron chi connectivity index (χ3n) is 1.22. The van der Waals surface area contributed by atoms with Crippen molar-refractivity contribution in [3.8, 4) is 0 Å². The van der Waals surface area contributed by atoms with E-state index in [1.807, 2.05) is 13.8 Å². The third-order valence-corrected chi connectivity index (χ3v) is 1.22. The fraction of sp³-hybridized carbons (Fsp3) is 0.833. The summed E-state index contributed by atoms with van der Waals surface area (Å²) < 4.78 is 4.46. The molecule has 0 heterocycles. The summed E-state index contributed by atoms with van der Waals surface area (Å²) in [5, 5.41) is 0. The minimum absolute atomic E-state index is 0. The van der Waals surface area contributed by atoms with Gasteiger partial charge in [-0.05, 0) is 6.42 Å². The van der Waals surface area contributed by atoms with Gasteiger partial charge < -0.3 is 6.16 Å². The zero-order valence-corrected chi connectivity index (χ0v) is 8.60. The molecule has 0 rings (SSSR count). The molecular weight excluding hydrogens is 127 g/mol. The van der Waals surface area contributed by atoms with E-state index in [0.717, 1.165) is 6.42 Å². The standard InChI is InChI=1S/C6H12O2.Na.H/c1-4-5(2)6(7)8-3;;/h5H,4H2,1-3H3;;/q;+1;-1. The van der Waals surface area contributed by atoms with Crippen molar-refractivity contribution < 1.29 is 40.5 Å². The van der Waals surface area contributed by atoms with Gasteiger partial charge in [0.1, 0.15) is 0 Å². The number of rotatable bonds is 2. The SMILES string of the molecule is CCC(C)C(=O)OC.[H-].[Na+]. The Morgan fingerprint density at radius 1 is 1.78 bits per heavy atom. The summed E-state index contributed by atoms with van der Waals surface area (Å²) in [5.74, 6) is -0.0625. The van der Waals surface area contributed by atoms with Crippen LogP contribution >= 0.6 is 0 Å². The van der Waals surface area contributed by atoms with Crippen molar-refractivity contribution in [2.75, 3.05) is 7.11 Å². The summed E-state index contributed by atoms with van der Waals surface area (Å²) in [6.07, 6.45) is 0.854. The molecule has 0 aromatic heterocycles. The van der Waals surface area contributed by atoms with Crippen LogP contribution in [0.2, 0.25) is 0 Å². The summed E-state index contributed by atoms with van der Waals surface area (Å²) in [7, 11) is 1.41. The summed E-state index contributed by atoms with van der Waals surface area (Å²) in [5.41, 5.74) is 0. The second-order valence-electron chi connectivity index (χ2n) is 1.83. The molecule has 9 heavy (non-hydrogen) atoms. The molecule has 0 saturated heterocycles. The van der Waals surface area contributed by atoms with Crippen molar-refractivity contribution in [2.45, 2.75) is 20.3 Å². The predicted molar refractivity (Wildman–Crippen MR) is 32.6 cm³/mol. The minimum atomic E-state index is -0.118. The zero-order valence-electron chi connectivity index (χ0n) is 7.60. The predicted octanol–water partition coefficient (Wildman–Crippen LogP) is -1.68. The van der Waals surface area contributed by atoms with Crippen LogP contribution in [-0.4, -0.2) is 13.1 Å². The van der Waals surface area contributed by atoms with Crippen LogP contribution in [0.3, 0.4) is 0 Å². The Labute approximate surface area is 79.7 Å². The van der Waals surface area contributed by atoms with E-state index in [4.69, 9.17) is 0 Å². The number of carbonyl (C=O) groups is 1. The largest absolute Gasteiger partial charge is 1.00 e. The number of esters is 1. The maximum absolute atomic E-state index is 10.5. The van der Waals surface area contributed by atoms with Gasteiger partial charge in [-0.15, -0.1) is 0 Å². The van der Waals surface area contributed by atoms with Gasteiger partial charge in [0, 0.05) is 0 Å². The van der Waals surface area contributed by atoms with E-state index >= 15 is 0 Å². The monoisotopic (exact) mass is 140 g/mol. The van der Waals surface area contributed by atoms with Gasteiger partial charge in [0.15, 0.2) is 0 Å². The van der Waals surface area contributed by atoms with E-state index in [2.05, 4.69) is 4.74 Å². The van der Waals surface area contributed by atoms with Crippen molar-refractivity contribution in [3.05, 3.63) is 0 Å². The molecule has 0 N–H and O–H groups in total. The van der Waals surface area contributed by atoms with Crippen molar-refractivity contribution in [1.29, 1.82) is 0 Å². The molecule has 50 valence electrons. The van der Waals surface area contributed by atoms with Crippen LogP contribution in [-0.2, 0) is 9.53 Å². The molecule has 1 atom stereocenters. The summed E-state index contributed by atoms with van der Waals surface area (Å²) >= 11 is 0. The van der Waals surface area contributed by atoms with Gasteiger partial charge in [0.25, 0.3) is 0 Å². The second-order valence-corrected chi connectivity index (χ2v) is 1.83. The van der Waals surface area contributed by atoms with Crippen molar-refractivity contribution in [2.24, 2.45) is 5.92 Å². The molecule has 0 aliphatic carbocycles. The van der Waals surface area contributed by atoms with Crippen molar-refractivity contribution >= 4 is 5.97 Å². The zero-order chi connectivity index (χ0) is 6.57. The molecule has 0 aliphatic rings. The van der Waals surface area contributed by atoms with Gasteiger partial charge in [-0.1, -0.05) is 13.8 Å². The van der Waals surface area contributed by atoms with Crippen LogP contribution in [0.15, 0.2) is 0 Å². The van der Waals surface area contributed by atoms with E-state index in [0.29, 0.717) is 0 Å². The molecule has 0 saturated carbocycles. The first kappa shape index (κ1) is 12.2. The van der Waals surface area contributed by atoms with Gasteiger partial charge in [0.2, 0.25) is 0 Å². The molecule has 2 nitrogen and oxygen atoms in total. The van der Waals surface area contributed by atoms with Crippen LogP contribution in [0.4, 0.5) is 0 Å². The number of hydrogen-bond donors (Lipinski definition) is 0. The van der Waals surface area contributed by atoms with Gasteiger partial charge >= 0.3 is 35.5 Å². The second kappa shape index (κ2) is 6.59. The Hall–Kier alpha value is 0.470. The Morgan fingerprint density at radius 3 is 2.33 bits per heavy atom. The Balaban J connectivity index is -0.000000245. The van der Waals surface area contributed by atoms with Gasteiger partial charge in [0.05, 0.1) is 13.0 Å². The first-order valence-electron chi connectivity index (χ1n) is 2.80. The molecule has 0 bridgehead atoms. The Bertz CT molecular complexity index is 87.8. The van der Waals surface area contributed by atoms with Crippen LogP contribution < -0.4 is 29.6 Å². The minimum Gasteiger partial charge on any atom is -1.00 e.